The standard InChI is InChI=1S/C9H9ClN2OS2/c1-12(6-2-8(13)14-5-6)4-7-3-11-9(10)15-7/h2-3H,4-5H2,1H3. The highest BCUT2D eigenvalue weighted by Crippen LogP contribution is 2.24. The summed E-state index contributed by atoms with van der Waals surface area (Å²) in [6.45, 7) is 0.754. The topological polar surface area (TPSA) is 33.2 Å². The molecule has 0 aliphatic carbocycles. The van der Waals surface area contributed by atoms with E-state index in [9.17, 15) is 4.79 Å². The summed E-state index contributed by atoms with van der Waals surface area (Å²) in [4.78, 5) is 18.2. The van der Waals surface area contributed by atoms with E-state index in [0.29, 0.717) is 4.47 Å². The van der Waals surface area contributed by atoms with Crippen LogP contribution in [0.25, 0.3) is 0 Å². The Morgan fingerprint density at radius 3 is 3.00 bits per heavy atom. The third-order valence-corrected chi connectivity index (χ3v) is 4.00. The lowest BCUT2D eigenvalue weighted by Crippen LogP contribution is -2.16. The van der Waals surface area contributed by atoms with Crippen LogP contribution in [0.2, 0.25) is 4.47 Å². The van der Waals surface area contributed by atoms with Crippen LogP contribution in [0.5, 0.6) is 0 Å². The van der Waals surface area contributed by atoms with Gasteiger partial charge in [0.15, 0.2) is 4.47 Å². The van der Waals surface area contributed by atoms with Gasteiger partial charge in [-0.25, -0.2) is 4.98 Å². The van der Waals surface area contributed by atoms with Crippen molar-refractivity contribution in [2.75, 3.05) is 12.8 Å². The number of hydrogen-bond acceptors (Lipinski definition) is 5. The lowest BCUT2D eigenvalue weighted by Gasteiger charge is -2.18. The third-order valence-electron chi connectivity index (χ3n) is 2.06. The summed E-state index contributed by atoms with van der Waals surface area (Å²) >= 11 is 8.55. The van der Waals surface area contributed by atoms with Crippen molar-refractivity contribution in [1.29, 1.82) is 0 Å². The van der Waals surface area contributed by atoms with E-state index in [1.54, 1.807) is 12.3 Å². The molecule has 6 heteroatoms. The molecule has 0 aromatic carbocycles. The molecule has 0 spiro atoms. The minimum atomic E-state index is 0.138. The maximum absolute atomic E-state index is 11.0. The molecule has 0 amide bonds. The number of carbonyl (C=O) groups excluding carboxylic acids is 1. The molecule has 3 nitrogen and oxygen atoms in total. The summed E-state index contributed by atoms with van der Waals surface area (Å²) in [6, 6.07) is 0. The highest BCUT2D eigenvalue weighted by atomic mass is 35.5. The van der Waals surface area contributed by atoms with Crippen molar-refractivity contribution in [2.24, 2.45) is 0 Å². The Bertz CT molecular complexity index is 416. The van der Waals surface area contributed by atoms with Gasteiger partial charge in [0, 0.05) is 35.6 Å². The molecule has 0 atom stereocenters. The Hall–Kier alpha value is -0.520. The molecule has 1 aromatic rings. The zero-order chi connectivity index (χ0) is 10.8. The summed E-state index contributed by atoms with van der Waals surface area (Å²) < 4.78 is 0.559. The van der Waals surface area contributed by atoms with E-state index < -0.39 is 0 Å². The van der Waals surface area contributed by atoms with Gasteiger partial charge in [-0.15, -0.1) is 11.3 Å². The molecular formula is C9H9ClN2OS2. The number of halogens is 1. The first kappa shape index (κ1) is 11.0. The van der Waals surface area contributed by atoms with Crippen LogP contribution in [-0.4, -0.2) is 27.8 Å². The molecule has 15 heavy (non-hydrogen) atoms. The van der Waals surface area contributed by atoms with E-state index >= 15 is 0 Å². The van der Waals surface area contributed by atoms with Gasteiger partial charge in [-0.1, -0.05) is 23.4 Å². The number of rotatable bonds is 3. The average molecular weight is 261 g/mol. The monoisotopic (exact) mass is 260 g/mol. The van der Waals surface area contributed by atoms with Crippen molar-refractivity contribution in [2.45, 2.75) is 6.54 Å². The summed E-state index contributed by atoms with van der Waals surface area (Å²) in [5.74, 6) is 0.766. The average Bonchev–Trinajstić information content (AvgIpc) is 2.75. The van der Waals surface area contributed by atoms with Crippen LogP contribution >= 0.6 is 34.7 Å². The highest BCUT2D eigenvalue weighted by molar-refractivity contribution is 8.14. The van der Waals surface area contributed by atoms with E-state index in [1.165, 1.54) is 23.1 Å². The Balaban J connectivity index is 2.01. The van der Waals surface area contributed by atoms with Crippen LogP contribution in [0, 0.1) is 0 Å². The number of thiazole rings is 1. The summed E-state index contributed by atoms with van der Waals surface area (Å²) in [5.41, 5.74) is 1.06. The Labute approximate surface area is 101 Å². The molecule has 0 saturated carbocycles. The van der Waals surface area contributed by atoms with Crippen LogP contribution in [0.1, 0.15) is 4.88 Å². The van der Waals surface area contributed by atoms with Gasteiger partial charge in [-0.2, -0.15) is 0 Å². The predicted molar refractivity (Wildman–Crippen MR) is 64.1 cm³/mol. The quantitative estimate of drug-likeness (QED) is 0.836. The van der Waals surface area contributed by atoms with Gasteiger partial charge in [0.1, 0.15) is 0 Å². The number of thioether (sulfide) groups is 1. The fourth-order valence-electron chi connectivity index (χ4n) is 1.28. The SMILES string of the molecule is CN(Cc1cnc(Cl)s1)C1=CC(=O)SC1. The number of aromatic nitrogens is 1. The van der Waals surface area contributed by atoms with E-state index in [4.69, 9.17) is 11.6 Å². The van der Waals surface area contributed by atoms with Crippen LogP contribution < -0.4 is 0 Å². The first-order chi connectivity index (χ1) is 7.15. The van der Waals surface area contributed by atoms with Gasteiger partial charge in [0.25, 0.3) is 0 Å². The van der Waals surface area contributed by atoms with Crippen molar-refractivity contribution in [3.63, 3.8) is 0 Å². The summed E-state index contributed by atoms with van der Waals surface area (Å²) in [7, 11) is 1.97. The largest absolute Gasteiger partial charge is 0.372 e. The van der Waals surface area contributed by atoms with Gasteiger partial charge in [-0.3, -0.25) is 4.79 Å². The van der Waals surface area contributed by atoms with Crippen molar-refractivity contribution in [3.8, 4) is 0 Å². The predicted octanol–water partition coefficient (Wildman–Crippen LogP) is 2.39. The molecule has 1 aromatic heterocycles. The Morgan fingerprint density at radius 2 is 2.47 bits per heavy atom. The maximum atomic E-state index is 11.0. The normalized spacial score (nSPS) is 15.6. The van der Waals surface area contributed by atoms with Gasteiger partial charge < -0.3 is 4.90 Å². The van der Waals surface area contributed by atoms with Crippen molar-refractivity contribution < 1.29 is 4.79 Å². The van der Waals surface area contributed by atoms with Crippen LogP contribution in [0.4, 0.5) is 0 Å². The fourth-order valence-corrected chi connectivity index (χ4v) is 3.12. The van der Waals surface area contributed by atoms with Crippen molar-refractivity contribution in [3.05, 3.63) is 27.3 Å². The fraction of sp³-hybridized carbons (Fsp3) is 0.333. The van der Waals surface area contributed by atoms with E-state index in [-0.39, 0.29) is 5.12 Å². The number of carbonyl (C=O) groups is 1. The van der Waals surface area contributed by atoms with Gasteiger partial charge in [0.2, 0.25) is 5.12 Å². The third kappa shape index (κ3) is 2.74. The second kappa shape index (κ2) is 4.55. The van der Waals surface area contributed by atoms with E-state index in [1.807, 2.05) is 7.05 Å². The minimum absolute atomic E-state index is 0.138. The van der Waals surface area contributed by atoms with Crippen molar-refractivity contribution >= 4 is 39.8 Å². The van der Waals surface area contributed by atoms with E-state index in [2.05, 4.69) is 9.88 Å². The molecule has 0 fully saturated rings. The van der Waals surface area contributed by atoms with Gasteiger partial charge >= 0.3 is 0 Å². The maximum Gasteiger partial charge on any atom is 0.214 e. The second-order valence-electron chi connectivity index (χ2n) is 3.18. The van der Waals surface area contributed by atoms with Gasteiger partial charge in [0.05, 0.1) is 6.54 Å². The lowest BCUT2D eigenvalue weighted by atomic mass is 10.4. The summed E-state index contributed by atoms with van der Waals surface area (Å²) in [6.07, 6.45) is 3.46. The molecule has 0 radical (unpaired) electrons. The van der Waals surface area contributed by atoms with Gasteiger partial charge in [-0.05, 0) is 0 Å². The Kier molecular flexibility index (Phi) is 3.33. The molecular weight excluding hydrogens is 252 g/mol. The van der Waals surface area contributed by atoms with Crippen LogP contribution in [0.3, 0.4) is 0 Å². The highest BCUT2D eigenvalue weighted by Gasteiger charge is 2.16. The first-order valence-electron chi connectivity index (χ1n) is 4.34. The number of nitrogens with zero attached hydrogens (tertiary/aromatic N) is 2. The molecule has 1 aliphatic rings. The van der Waals surface area contributed by atoms with Crippen LogP contribution in [-0.2, 0) is 11.3 Å². The molecule has 2 heterocycles. The smallest absolute Gasteiger partial charge is 0.214 e. The molecule has 0 N–H and O–H groups in total. The molecule has 1 aliphatic heterocycles. The number of hydrogen-bond donors (Lipinski definition) is 0. The summed E-state index contributed by atoms with van der Waals surface area (Å²) in [5, 5.41) is 0.138. The zero-order valence-electron chi connectivity index (χ0n) is 8.07. The molecule has 0 saturated heterocycles. The lowest BCUT2D eigenvalue weighted by molar-refractivity contribution is -0.106. The Morgan fingerprint density at radius 1 is 1.67 bits per heavy atom. The molecule has 0 unspecified atom stereocenters. The van der Waals surface area contributed by atoms with Crippen LogP contribution in [0.15, 0.2) is 18.0 Å². The zero-order valence-corrected chi connectivity index (χ0v) is 10.5. The second-order valence-corrected chi connectivity index (χ2v) is 5.86. The molecule has 2 rings (SSSR count). The molecule has 80 valence electrons. The molecule has 0 bridgehead atoms. The first-order valence-corrected chi connectivity index (χ1v) is 6.52. The van der Waals surface area contributed by atoms with Crippen molar-refractivity contribution in [1.82, 2.24) is 9.88 Å². The van der Waals surface area contributed by atoms with E-state index in [0.717, 1.165) is 22.9 Å². The minimum Gasteiger partial charge on any atom is -0.372 e.